The maximum Gasteiger partial charge on any atom is 0.0363 e. The highest BCUT2D eigenvalue weighted by Crippen LogP contribution is 2.20. The fraction of sp³-hybridized carbons (Fsp3) is 0.474. The second-order valence-electron chi connectivity index (χ2n) is 5.43. The van der Waals surface area contributed by atoms with Gasteiger partial charge in [-0.15, -0.1) is 12.3 Å². The van der Waals surface area contributed by atoms with Gasteiger partial charge in [0, 0.05) is 18.5 Å². The molecular weight excluding hydrogens is 278 g/mol. The number of hydrogen-bond donors (Lipinski definition) is 0. The van der Waals surface area contributed by atoms with Crippen LogP contribution in [0.1, 0.15) is 51.5 Å². The molecule has 1 nitrogen and oxygen atoms in total. The highest BCUT2D eigenvalue weighted by molar-refractivity contribution is 6.13. The lowest BCUT2D eigenvalue weighted by Crippen LogP contribution is -2.34. The van der Waals surface area contributed by atoms with Gasteiger partial charge in [-0.1, -0.05) is 55.8 Å². The van der Waals surface area contributed by atoms with E-state index in [2.05, 4.69) is 56.2 Å². The van der Waals surface area contributed by atoms with Crippen molar-refractivity contribution in [1.82, 2.24) is 4.42 Å². The monoisotopic (exact) mass is 303 g/mol. The Balaban J connectivity index is 2.40. The maximum atomic E-state index is 6.46. The molecule has 114 valence electrons. The van der Waals surface area contributed by atoms with Gasteiger partial charge in [-0.3, -0.25) is 0 Å². The number of benzene rings is 1. The van der Waals surface area contributed by atoms with Crippen LogP contribution >= 0.6 is 11.8 Å². The molecule has 1 aromatic rings. The van der Waals surface area contributed by atoms with Gasteiger partial charge in [-0.25, -0.2) is 4.42 Å². The van der Waals surface area contributed by atoms with Gasteiger partial charge in [0.1, 0.15) is 0 Å². The van der Waals surface area contributed by atoms with Crippen molar-refractivity contribution in [2.75, 3.05) is 0 Å². The lowest BCUT2D eigenvalue weighted by molar-refractivity contribution is 0.253. The van der Waals surface area contributed by atoms with E-state index in [-0.39, 0.29) is 6.04 Å². The van der Waals surface area contributed by atoms with Gasteiger partial charge in [0.25, 0.3) is 0 Å². The van der Waals surface area contributed by atoms with E-state index >= 15 is 0 Å². The summed E-state index contributed by atoms with van der Waals surface area (Å²) in [6.45, 7) is 4.34. The third kappa shape index (κ3) is 6.85. The van der Waals surface area contributed by atoms with Crippen LogP contribution in [-0.4, -0.2) is 16.5 Å². The number of terminal acetylenes is 1. The van der Waals surface area contributed by atoms with Crippen LogP contribution in [0.25, 0.3) is 6.08 Å². The Bertz CT molecular complexity index is 446. The zero-order valence-electron chi connectivity index (χ0n) is 13.1. The maximum absolute atomic E-state index is 6.46. The van der Waals surface area contributed by atoms with Crippen molar-refractivity contribution in [2.45, 2.75) is 58.0 Å². The largest absolute Gasteiger partial charge is 0.213 e. The Kier molecular flexibility index (Phi) is 8.90. The summed E-state index contributed by atoms with van der Waals surface area (Å²) in [6.07, 6.45) is 14.8. The molecule has 0 heterocycles. The fourth-order valence-corrected chi connectivity index (χ4v) is 2.65. The molecule has 0 amide bonds. The standard InChI is InChI=1S/C19H26ClN/c1-4-11-19(12-5-2)21(20)17(3)13-9-10-16-18-14-7-6-8-15-18/h1,6-8,10,14-17,19H,5,9,11-13H2,2-3H3/b16-10+/t17-,19+/m0/s1. The molecule has 0 saturated carbocycles. The predicted molar refractivity (Wildman–Crippen MR) is 94.0 cm³/mol. The van der Waals surface area contributed by atoms with Gasteiger partial charge in [-0.05, 0) is 43.5 Å². The smallest absolute Gasteiger partial charge is 0.0363 e. The molecule has 1 aromatic carbocycles. The van der Waals surface area contributed by atoms with Crippen LogP contribution in [0, 0.1) is 12.3 Å². The minimum absolute atomic E-state index is 0.287. The minimum atomic E-state index is 0.287. The third-order valence-electron chi connectivity index (χ3n) is 3.61. The summed E-state index contributed by atoms with van der Waals surface area (Å²) in [5, 5.41) is 0. The molecule has 0 N–H and O–H groups in total. The SMILES string of the molecule is C#CC[C@H](CCC)N(Cl)[C@@H](C)CC/C=C/c1ccccc1. The first-order valence-corrected chi connectivity index (χ1v) is 8.12. The van der Waals surface area contributed by atoms with Gasteiger partial charge in [0.15, 0.2) is 0 Å². The molecule has 0 saturated heterocycles. The van der Waals surface area contributed by atoms with Gasteiger partial charge >= 0.3 is 0 Å². The number of rotatable bonds is 9. The number of allylic oxidation sites excluding steroid dienone is 1. The van der Waals surface area contributed by atoms with Crippen LogP contribution in [0.4, 0.5) is 0 Å². The minimum Gasteiger partial charge on any atom is -0.213 e. The Morgan fingerprint density at radius 3 is 2.62 bits per heavy atom. The van der Waals surface area contributed by atoms with E-state index in [0.717, 1.165) is 32.1 Å². The fourth-order valence-electron chi connectivity index (χ4n) is 2.39. The Morgan fingerprint density at radius 2 is 2.00 bits per heavy atom. The van der Waals surface area contributed by atoms with E-state index in [1.54, 1.807) is 0 Å². The Hall–Kier alpha value is -1.23. The Morgan fingerprint density at radius 1 is 1.29 bits per heavy atom. The quantitative estimate of drug-likeness (QED) is 0.429. The first-order chi connectivity index (χ1) is 10.2. The van der Waals surface area contributed by atoms with Gasteiger partial charge in [0.2, 0.25) is 0 Å². The van der Waals surface area contributed by atoms with Crippen LogP contribution in [-0.2, 0) is 0 Å². The Labute approximate surface area is 135 Å². The van der Waals surface area contributed by atoms with E-state index in [0.29, 0.717) is 6.04 Å². The molecule has 0 aliphatic heterocycles. The summed E-state index contributed by atoms with van der Waals surface area (Å²) in [5.41, 5.74) is 1.24. The second-order valence-corrected chi connectivity index (χ2v) is 5.82. The van der Waals surface area contributed by atoms with Crippen molar-refractivity contribution >= 4 is 17.9 Å². The van der Waals surface area contributed by atoms with E-state index in [9.17, 15) is 0 Å². The molecule has 0 aromatic heterocycles. The topological polar surface area (TPSA) is 3.24 Å². The number of hydrogen-bond acceptors (Lipinski definition) is 1. The molecule has 0 bridgehead atoms. The molecule has 0 aliphatic carbocycles. The van der Waals surface area contributed by atoms with Crippen molar-refractivity contribution in [2.24, 2.45) is 0 Å². The molecule has 0 spiro atoms. The zero-order chi connectivity index (χ0) is 15.5. The average molecular weight is 304 g/mol. The summed E-state index contributed by atoms with van der Waals surface area (Å²) >= 11 is 6.46. The van der Waals surface area contributed by atoms with Crippen LogP contribution < -0.4 is 0 Å². The zero-order valence-corrected chi connectivity index (χ0v) is 13.9. The molecule has 2 heteroatoms. The summed E-state index contributed by atoms with van der Waals surface area (Å²) in [4.78, 5) is 0. The van der Waals surface area contributed by atoms with Crippen LogP contribution in [0.15, 0.2) is 36.4 Å². The van der Waals surface area contributed by atoms with Crippen LogP contribution in [0.5, 0.6) is 0 Å². The summed E-state index contributed by atoms with van der Waals surface area (Å²) < 4.78 is 1.93. The first kappa shape index (κ1) is 17.8. The van der Waals surface area contributed by atoms with Crippen LogP contribution in [0.2, 0.25) is 0 Å². The third-order valence-corrected chi connectivity index (χ3v) is 4.22. The van der Waals surface area contributed by atoms with E-state index in [4.69, 9.17) is 18.2 Å². The first-order valence-electron chi connectivity index (χ1n) is 7.78. The normalized spacial score (nSPS) is 14.2. The highest BCUT2D eigenvalue weighted by Gasteiger charge is 2.19. The van der Waals surface area contributed by atoms with E-state index in [1.807, 2.05) is 10.5 Å². The summed E-state index contributed by atoms with van der Waals surface area (Å²) in [5.74, 6) is 2.74. The van der Waals surface area contributed by atoms with Crippen molar-refractivity contribution in [1.29, 1.82) is 0 Å². The van der Waals surface area contributed by atoms with Gasteiger partial charge in [0.05, 0.1) is 0 Å². The lowest BCUT2D eigenvalue weighted by Gasteiger charge is -2.29. The second kappa shape index (κ2) is 10.5. The van der Waals surface area contributed by atoms with Crippen LogP contribution in [0.3, 0.4) is 0 Å². The predicted octanol–water partition coefficient (Wildman–Crippen LogP) is 5.52. The van der Waals surface area contributed by atoms with Crippen molar-refractivity contribution in [3.05, 3.63) is 42.0 Å². The summed E-state index contributed by atoms with van der Waals surface area (Å²) in [6, 6.07) is 11.0. The highest BCUT2D eigenvalue weighted by atomic mass is 35.5. The molecule has 0 aliphatic rings. The van der Waals surface area contributed by atoms with Crippen molar-refractivity contribution in [3.63, 3.8) is 0 Å². The molecule has 0 radical (unpaired) electrons. The van der Waals surface area contributed by atoms with Crippen molar-refractivity contribution < 1.29 is 0 Å². The lowest BCUT2D eigenvalue weighted by atomic mass is 10.1. The molecular formula is C19H26ClN. The number of halogens is 1. The summed E-state index contributed by atoms with van der Waals surface area (Å²) in [7, 11) is 0. The van der Waals surface area contributed by atoms with Crippen molar-refractivity contribution in [3.8, 4) is 12.3 Å². The number of nitrogens with zero attached hydrogens (tertiary/aromatic N) is 1. The van der Waals surface area contributed by atoms with E-state index < -0.39 is 0 Å². The molecule has 0 unspecified atom stereocenters. The molecule has 1 rings (SSSR count). The van der Waals surface area contributed by atoms with E-state index in [1.165, 1.54) is 5.56 Å². The molecule has 2 atom stereocenters. The molecule has 0 fully saturated rings. The average Bonchev–Trinajstić information content (AvgIpc) is 2.51. The van der Waals surface area contributed by atoms with Gasteiger partial charge < -0.3 is 0 Å². The molecule has 21 heavy (non-hydrogen) atoms. The van der Waals surface area contributed by atoms with Gasteiger partial charge in [-0.2, -0.15) is 0 Å².